The predicted molar refractivity (Wildman–Crippen MR) is 118 cm³/mol. The van der Waals surface area contributed by atoms with Gasteiger partial charge >= 0.3 is 5.97 Å². The van der Waals surface area contributed by atoms with Crippen molar-refractivity contribution in [1.82, 2.24) is 14.9 Å². The molecule has 0 aliphatic carbocycles. The van der Waals surface area contributed by atoms with E-state index in [1.165, 1.54) is 43.7 Å². The van der Waals surface area contributed by atoms with E-state index in [1.54, 1.807) is 18.3 Å². The summed E-state index contributed by atoms with van der Waals surface area (Å²) >= 11 is 7.83. The van der Waals surface area contributed by atoms with Crippen LogP contribution in [0.25, 0.3) is 20.7 Å². The first kappa shape index (κ1) is 20.1. The largest absolute Gasteiger partial charge is 0.478 e. The Labute approximate surface area is 178 Å². The summed E-state index contributed by atoms with van der Waals surface area (Å²) in [4.78, 5) is 23.7. The maximum atomic E-state index is 11.5. The van der Waals surface area contributed by atoms with Crippen molar-refractivity contribution < 1.29 is 9.90 Å². The SMILES string of the molecule is O=C(O)c1cccc2sc(-c3nc(NCCCN4CCCCC4)ncc3Cl)cc12. The number of carbonyl (C=O) groups is 1. The van der Waals surface area contributed by atoms with Gasteiger partial charge in [-0.2, -0.15) is 0 Å². The van der Waals surface area contributed by atoms with Gasteiger partial charge in [0.2, 0.25) is 5.95 Å². The summed E-state index contributed by atoms with van der Waals surface area (Å²) in [6, 6.07) is 7.11. The molecule has 1 aliphatic heterocycles. The zero-order valence-electron chi connectivity index (χ0n) is 16.0. The predicted octanol–water partition coefficient (Wildman–Crippen LogP) is 5.00. The summed E-state index contributed by atoms with van der Waals surface area (Å²) in [5.74, 6) is -0.399. The van der Waals surface area contributed by atoms with Crippen molar-refractivity contribution in [3.05, 3.63) is 41.0 Å². The minimum absolute atomic E-state index is 0.284. The molecular formula is C21H23ClN4O2S. The standard InChI is InChI=1S/C21H23ClN4O2S/c22-16-13-24-21(23-8-5-11-26-9-2-1-3-10-26)25-19(16)18-12-15-14(20(27)28)6-4-7-17(15)29-18/h4,6-7,12-13H,1-3,5,8-11H2,(H,27,28)(H,23,24,25). The maximum Gasteiger partial charge on any atom is 0.336 e. The van der Waals surface area contributed by atoms with Crippen LogP contribution in [0.1, 0.15) is 36.0 Å². The van der Waals surface area contributed by atoms with Crippen molar-refractivity contribution in [2.75, 3.05) is 31.5 Å². The lowest BCUT2D eigenvalue weighted by Crippen LogP contribution is -2.31. The normalized spacial score (nSPS) is 14.9. The number of aromatic nitrogens is 2. The van der Waals surface area contributed by atoms with Crippen LogP contribution < -0.4 is 5.32 Å². The van der Waals surface area contributed by atoms with Gasteiger partial charge in [0, 0.05) is 16.6 Å². The van der Waals surface area contributed by atoms with Gasteiger partial charge in [-0.25, -0.2) is 14.8 Å². The summed E-state index contributed by atoms with van der Waals surface area (Å²) < 4.78 is 0.894. The highest BCUT2D eigenvalue weighted by atomic mass is 35.5. The van der Waals surface area contributed by atoms with Crippen molar-refractivity contribution in [2.24, 2.45) is 0 Å². The molecule has 3 aromatic rings. The summed E-state index contributed by atoms with van der Waals surface area (Å²) in [7, 11) is 0. The molecule has 29 heavy (non-hydrogen) atoms. The molecule has 0 bridgehead atoms. The number of hydrogen-bond acceptors (Lipinski definition) is 6. The van der Waals surface area contributed by atoms with Gasteiger partial charge in [-0.1, -0.05) is 24.1 Å². The van der Waals surface area contributed by atoms with E-state index < -0.39 is 5.97 Å². The number of halogens is 1. The fourth-order valence-electron chi connectivity index (χ4n) is 3.68. The lowest BCUT2D eigenvalue weighted by molar-refractivity contribution is 0.0699. The van der Waals surface area contributed by atoms with Gasteiger partial charge < -0.3 is 15.3 Å². The smallest absolute Gasteiger partial charge is 0.336 e. The van der Waals surface area contributed by atoms with Gasteiger partial charge in [0.05, 0.1) is 21.7 Å². The summed E-state index contributed by atoms with van der Waals surface area (Å²) in [5, 5.41) is 13.9. The molecule has 0 radical (unpaired) electrons. The molecule has 0 atom stereocenters. The van der Waals surface area contributed by atoms with Gasteiger partial charge in [-0.05, 0) is 57.1 Å². The number of anilines is 1. The highest BCUT2D eigenvalue weighted by molar-refractivity contribution is 7.22. The van der Waals surface area contributed by atoms with E-state index >= 15 is 0 Å². The third-order valence-electron chi connectivity index (χ3n) is 5.15. The number of rotatable bonds is 7. The number of thiophene rings is 1. The first-order valence-corrected chi connectivity index (χ1v) is 11.1. The van der Waals surface area contributed by atoms with Crippen molar-refractivity contribution in [3.63, 3.8) is 0 Å². The average Bonchev–Trinajstić information content (AvgIpc) is 3.17. The first-order chi connectivity index (χ1) is 14.1. The summed E-state index contributed by atoms with van der Waals surface area (Å²) in [6.07, 6.45) is 6.58. The second-order valence-corrected chi connectivity index (χ2v) is 8.70. The molecule has 0 spiro atoms. The van der Waals surface area contributed by atoms with Crippen molar-refractivity contribution in [3.8, 4) is 10.6 Å². The van der Waals surface area contributed by atoms with Crippen molar-refractivity contribution in [2.45, 2.75) is 25.7 Å². The number of carboxylic acids is 1. The highest BCUT2D eigenvalue weighted by Crippen LogP contribution is 2.37. The Bertz CT molecular complexity index is 1020. The zero-order chi connectivity index (χ0) is 20.2. The third kappa shape index (κ3) is 4.69. The molecule has 8 heteroatoms. The van der Waals surface area contributed by atoms with Crippen LogP contribution in [0.15, 0.2) is 30.5 Å². The molecule has 6 nitrogen and oxygen atoms in total. The van der Waals surface area contributed by atoms with Crippen molar-refractivity contribution >= 4 is 44.9 Å². The maximum absolute atomic E-state index is 11.5. The fraction of sp³-hybridized carbons (Fsp3) is 0.381. The minimum Gasteiger partial charge on any atom is -0.478 e. The monoisotopic (exact) mass is 430 g/mol. The Morgan fingerprint density at radius 2 is 2.10 bits per heavy atom. The molecule has 0 saturated carbocycles. The molecule has 1 aromatic carbocycles. The molecule has 0 amide bonds. The van der Waals surface area contributed by atoms with E-state index in [1.807, 2.05) is 12.1 Å². The average molecular weight is 431 g/mol. The number of benzene rings is 1. The second-order valence-electron chi connectivity index (χ2n) is 7.21. The number of hydrogen-bond donors (Lipinski definition) is 2. The van der Waals surface area contributed by atoms with Gasteiger partial charge in [-0.3, -0.25) is 0 Å². The molecule has 2 N–H and O–H groups in total. The molecule has 3 heterocycles. The molecule has 1 saturated heterocycles. The summed E-state index contributed by atoms with van der Waals surface area (Å²) in [6.45, 7) is 4.28. The van der Waals surface area contributed by atoms with Crippen LogP contribution in [0.3, 0.4) is 0 Å². The van der Waals surface area contributed by atoms with Crippen molar-refractivity contribution in [1.29, 1.82) is 0 Å². The van der Waals surface area contributed by atoms with E-state index in [9.17, 15) is 9.90 Å². The molecule has 4 rings (SSSR count). The van der Waals surface area contributed by atoms with E-state index in [-0.39, 0.29) is 5.56 Å². The Balaban J connectivity index is 1.47. The number of carboxylic acid groups (broad SMARTS) is 1. The second kappa shape index (κ2) is 9.07. The zero-order valence-corrected chi connectivity index (χ0v) is 17.6. The number of nitrogens with one attached hydrogen (secondary N) is 1. The van der Waals surface area contributed by atoms with Crippen LogP contribution in [-0.4, -0.2) is 52.1 Å². The lowest BCUT2D eigenvalue weighted by Gasteiger charge is -2.26. The number of piperidine rings is 1. The topological polar surface area (TPSA) is 78.3 Å². The number of nitrogens with zero attached hydrogens (tertiary/aromatic N) is 3. The summed E-state index contributed by atoms with van der Waals surface area (Å²) in [5.41, 5.74) is 0.906. The van der Waals surface area contributed by atoms with Crippen LogP contribution in [0.2, 0.25) is 5.02 Å². The molecule has 2 aromatic heterocycles. The number of fused-ring (bicyclic) bond motifs is 1. The first-order valence-electron chi connectivity index (χ1n) is 9.87. The minimum atomic E-state index is -0.940. The Morgan fingerprint density at radius 3 is 2.90 bits per heavy atom. The highest BCUT2D eigenvalue weighted by Gasteiger charge is 2.16. The van der Waals surface area contributed by atoms with Gasteiger partial charge in [-0.15, -0.1) is 11.3 Å². The molecular weight excluding hydrogens is 408 g/mol. The van der Waals surface area contributed by atoms with Crippen LogP contribution in [-0.2, 0) is 0 Å². The number of likely N-dealkylation sites (tertiary alicyclic amines) is 1. The van der Waals surface area contributed by atoms with Crippen LogP contribution in [0.5, 0.6) is 0 Å². The quantitative estimate of drug-likeness (QED) is 0.513. The van der Waals surface area contributed by atoms with E-state index in [2.05, 4.69) is 20.2 Å². The fourth-order valence-corrected chi connectivity index (χ4v) is 5.02. The number of aromatic carboxylic acids is 1. The van der Waals surface area contributed by atoms with E-state index in [0.29, 0.717) is 22.1 Å². The Kier molecular flexibility index (Phi) is 6.28. The van der Waals surface area contributed by atoms with Gasteiger partial charge in [0.1, 0.15) is 5.69 Å². The third-order valence-corrected chi connectivity index (χ3v) is 6.54. The van der Waals surface area contributed by atoms with Crippen LogP contribution in [0, 0.1) is 0 Å². The van der Waals surface area contributed by atoms with Gasteiger partial charge in [0.15, 0.2) is 0 Å². The Hall–Kier alpha value is -2.22. The molecule has 0 unspecified atom stereocenters. The van der Waals surface area contributed by atoms with E-state index in [4.69, 9.17) is 11.6 Å². The van der Waals surface area contributed by atoms with E-state index in [0.717, 1.165) is 29.1 Å². The van der Waals surface area contributed by atoms with Crippen LogP contribution in [0.4, 0.5) is 5.95 Å². The lowest BCUT2D eigenvalue weighted by atomic mass is 10.1. The molecule has 1 fully saturated rings. The van der Waals surface area contributed by atoms with Gasteiger partial charge in [0.25, 0.3) is 0 Å². The molecule has 1 aliphatic rings. The molecule has 152 valence electrons. The Morgan fingerprint density at radius 1 is 1.28 bits per heavy atom. The van der Waals surface area contributed by atoms with Crippen LogP contribution >= 0.6 is 22.9 Å².